The lowest BCUT2D eigenvalue weighted by molar-refractivity contribution is -0.183. The number of aromatic amines is 1. The molecule has 1 fully saturated rings. The van der Waals surface area contributed by atoms with E-state index in [4.69, 9.17) is 0 Å². The van der Waals surface area contributed by atoms with Crippen molar-refractivity contribution in [2.24, 2.45) is 10.9 Å². The highest BCUT2D eigenvalue weighted by atomic mass is 127. The number of alkyl halides is 3. The van der Waals surface area contributed by atoms with Crippen molar-refractivity contribution in [1.29, 1.82) is 0 Å². The van der Waals surface area contributed by atoms with E-state index in [9.17, 15) is 17.6 Å². The molecule has 9 heteroatoms. The molecule has 1 saturated carbocycles. The van der Waals surface area contributed by atoms with Gasteiger partial charge < -0.3 is 15.6 Å². The summed E-state index contributed by atoms with van der Waals surface area (Å²) in [6, 6.07) is 4.36. The Kier molecular flexibility index (Phi) is 7.97. The smallest absolute Gasteiger partial charge is 0.361 e. The Bertz CT molecular complexity index is 803. The molecule has 28 heavy (non-hydrogen) atoms. The third-order valence-corrected chi connectivity index (χ3v) is 5.12. The fourth-order valence-corrected chi connectivity index (χ4v) is 3.68. The first-order valence-electron chi connectivity index (χ1n) is 9.16. The molecule has 2 unspecified atom stereocenters. The summed E-state index contributed by atoms with van der Waals surface area (Å²) in [6.07, 6.45) is -0.121. The van der Waals surface area contributed by atoms with Crippen LogP contribution < -0.4 is 10.6 Å². The first kappa shape index (κ1) is 22.8. The van der Waals surface area contributed by atoms with Crippen LogP contribution in [0.25, 0.3) is 10.9 Å². The second-order valence-electron chi connectivity index (χ2n) is 7.00. The highest BCUT2D eigenvalue weighted by Gasteiger charge is 2.42. The highest BCUT2D eigenvalue weighted by molar-refractivity contribution is 14.0. The van der Waals surface area contributed by atoms with Crippen LogP contribution >= 0.6 is 24.0 Å². The number of nitrogens with one attached hydrogen (secondary N) is 3. The molecule has 1 aromatic heterocycles. The van der Waals surface area contributed by atoms with Gasteiger partial charge in [0, 0.05) is 36.7 Å². The van der Waals surface area contributed by atoms with Gasteiger partial charge in [-0.3, -0.25) is 4.99 Å². The van der Waals surface area contributed by atoms with Crippen molar-refractivity contribution in [2.75, 3.05) is 13.6 Å². The Balaban J connectivity index is 0.00000280. The van der Waals surface area contributed by atoms with E-state index in [2.05, 4.69) is 20.6 Å². The van der Waals surface area contributed by atoms with Crippen LogP contribution in [0.1, 0.15) is 31.2 Å². The number of benzene rings is 1. The Morgan fingerprint density at radius 2 is 2.07 bits per heavy atom. The van der Waals surface area contributed by atoms with Gasteiger partial charge >= 0.3 is 6.18 Å². The number of fused-ring (bicyclic) bond motifs is 1. The summed E-state index contributed by atoms with van der Waals surface area (Å²) in [7, 11) is 1.60. The van der Waals surface area contributed by atoms with Crippen LogP contribution in [-0.2, 0) is 6.42 Å². The molecule has 156 valence electrons. The van der Waals surface area contributed by atoms with E-state index in [0.717, 1.165) is 16.5 Å². The second kappa shape index (κ2) is 9.80. The maximum Gasteiger partial charge on any atom is 0.391 e. The number of rotatable bonds is 4. The molecule has 1 aliphatic carbocycles. The van der Waals surface area contributed by atoms with Gasteiger partial charge in [0.15, 0.2) is 5.96 Å². The second-order valence-corrected chi connectivity index (χ2v) is 7.00. The number of aliphatic imine (C=N–C) groups is 1. The number of guanidine groups is 1. The molecule has 0 saturated heterocycles. The topological polar surface area (TPSA) is 52.2 Å². The zero-order chi connectivity index (χ0) is 19.4. The molecule has 2 aromatic rings. The first-order chi connectivity index (χ1) is 12.9. The van der Waals surface area contributed by atoms with Gasteiger partial charge in [-0.05, 0) is 49.4 Å². The van der Waals surface area contributed by atoms with Gasteiger partial charge in [0.05, 0.1) is 5.92 Å². The lowest BCUT2D eigenvalue weighted by Gasteiger charge is -2.31. The zero-order valence-corrected chi connectivity index (χ0v) is 17.9. The molecule has 0 amide bonds. The third-order valence-electron chi connectivity index (χ3n) is 5.12. The molecule has 3 N–H and O–H groups in total. The van der Waals surface area contributed by atoms with Gasteiger partial charge in [0.2, 0.25) is 0 Å². The maximum atomic E-state index is 13.4. The lowest BCUT2D eigenvalue weighted by Crippen LogP contribution is -2.47. The predicted molar refractivity (Wildman–Crippen MR) is 114 cm³/mol. The molecule has 0 radical (unpaired) electrons. The van der Waals surface area contributed by atoms with E-state index >= 15 is 0 Å². The summed E-state index contributed by atoms with van der Waals surface area (Å²) in [5.41, 5.74) is 1.84. The van der Waals surface area contributed by atoms with Crippen LogP contribution in [-0.4, -0.2) is 36.8 Å². The van der Waals surface area contributed by atoms with Gasteiger partial charge in [-0.25, -0.2) is 4.39 Å². The monoisotopic (exact) mass is 512 g/mol. The number of nitrogens with zero attached hydrogens (tertiary/aromatic N) is 1. The molecule has 4 nitrogen and oxygen atoms in total. The number of aromatic nitrogens is 1. The molecule has 1 heterocycles. The summed E-state index contributed by atoms with van der Waals surface area (Å²) in [6.45, 7) is 0.540. The number of H-pyrrole nitrogens is 1. The fraction of sp³-hybridized carbons (Fsp3) is 0.526. The van der Waals surface area contributed by atoms with Crippen molar-refractivity contribution >= 4 is 40.8 Å². The van der Waals surface area contributed by atoms with E-state index in [1.165, 1.54) is 12.1 Å². The molecular weight excluding hydrogens is 487 g/mol. The van der Waals surface area contributed by atoms with E-state index in [1.54, 1.807) is 13.1 Å². The number of halogens is 5. The molecule has 1 aromatic carbocycles. The Labute approximate surface area is 178 Å². The summed E-state index contributed by atoms with van der Waals surface area (Å²) in [5.74, 6) is -1.04. The van der Waals surface area contributed by atoms with Gasteiger partial charge in [-0.2, -0.15) is 13.2 Å². The summed E-state index contributed by atoms with van der Waals surface area (Å²) < 4.78 is 52.3. The van der Waals surface area contributed by atoms with Gasteiger partial charge in [0.1, 0.15) is 5.82 Å². The minimum atomic E-state index is -4.14. The maximum absolute atomic E-state index is 13.4. The molecule has 0 bridgehead atoms. The van der Waals surface area contributed by atoms with Crippen molar-refractivity contribution in [3.8, 4) is 0 Å². The van der Waals surface area contributed by atoms with E-state index in [1.807, 2.05) is 6.20 Å². The van der Waals surface area contributed by atoms with Crippen molar-refractivity contribution in [3.05, 3.63) is 35.8 Å². The molecule has 3 rings (SSSR count). The molecular formula is C19H25F4IN4. The summed E-state index contributed by atoms with van der Waals surface area (Å²) in [5, 5.41) is 7.08. The van der Waals surface area contributed by atoms with Crippen LogP contribution in [0.5, 0.6) is 0 Å². The van der Waals surface area contributed by atoms with Crippen molar-refractivity contribution in [2.45, 2.75) is 44.3 Å². The van der Waals surface area contributed by atoms with Crippen molar-refractivity contribution < 1.29 is 17.6 Å². The average molecular weight is 512 g/mol. The largest absolute Gasteiger partial charge is 0.391 e. The van der Waals surface area contributed by atoms with E-state index < -0.39 is 12.1 Å². The van der Waals surface area contributed by atoms with Gasteiger partial charge in [-0.15, -0.1) is 24.0 Å². The summed E-state index contributed by atoms with van der Waals surface area (Å²) in [4.78, 5) is 7.22. The first-order valence-corrected chi connectivity index (χ1v) is 9.16. The van der Waals surface area contributed by atoms with Crippen LogP contribution in [0.2, 0.25) is 0 Å². The Hall–Kier alpha value is -1.52. The SMILES string of the molecule is CN=C(NCCc1c[nH]c2ccc(F)cc12)NC1CCCC(C(F)(F)F)C1.I. The lowest BCUT2D eigenvalue weighted by atomic mass is 9.85. The number of hydrogen-bond donors (Lipinski definition) is 3. The predicted octanol–water partition coefficient (Wildman–Crippen LogP) is 4.75. The molecule has 1 aliphatic rings. The minimum absolute atomic E-state index is 0. The van der Waals surface area contributed by atoms with Crippen molar-refractivity contribution in [1.82, 2.24) is 15.6 Å². The minimum Gasteiger partial charge on any atom is -0.361 e. The molecule has 0 spiro atoms. The van der Waals surface area contributed by atoms with Crippen LogP contribution in [0, 0.1) is 11.7 Å². The molecule has 0 aliphatic heterocycles. The standard InChI is InChI=1S/C19H24F4N4.HI/c1-24-18(27-15-4-2-3-13(9-15)19(21,22)23)25-8-7-12-11-26-17-6-5-14(20)10-16(12)17;/h5-6,10-11,13,15,26H,2-4,7-9H2,1H3,(H2,24,25,27);1H. The fourth-order valence-electron chi connectivity index (χ4n) is 3.68. The van der Waals surface area contributed by atoms with Gasteiger partial charge in [-0.1, -0.05) is 6.42 Å². The van der Waals surface area contributed by atoms with Crippen LogP contribution in [0.15, 0.2) is 29.4 Å². The van der Waals surface area contributed by atoms with E-state index in [0.29, 0.717) is 31.8 Å². The van der Waals surface area contributed by atoms with Gasteiger partial charge in [0.25, 0.3) is 0 Å². The zero-order valence-electron chi connectivity index (χ0n) is 15.6. The summed E-state index contributed by atoms with van der Waals surface area (Å²) >= 11 is 0. The van der Waals surface area contributed by atoms with E-state index in [-0.39, 0.29) is 48.7 Å². The third kappa shape index (κ3) is 5.74. The van der Waals surface area contributed by atoms with Crippen LogP contribution in [0.4, 0.5) is 17.6 Å². The van der Waals surface area contributed by atoms with Crippen molar-refractivity contribution in [3.63, 3.8) is 0 Å². The van der Waals surface area contributed by atoms with Crippen LogP contribution in [0.3, 0.4) is 0 Å². The quantitative estimate of drug-likeness (QED) is 0.240. The Morgan fingerprint density at radius 1 is 1.29 bits per heavy atom. The average Bonchev–Trinajstić information content (AvgIpc) is 3.02. The number of hydrogen-bond acceptors (Lipinski definition) is 1. The Morgan fingerprint density at radius 3 is 2.79 bits per heavy atom. The highest BCUT2D eigenvalue weighted by Crippen LogP contribution is 2.37. The molecule has 2 atom stereocenters. The normalized spacial score (nSPS) is 20.7.